The number of unbranched alkanes of at least 4 members (excludes halogenated alkanes) is 1. The van der Waals surface area contributed by atoms with Crippen LogP contribution in [0.2, 0.25) is 0 Å². The maximum Gasteiger partial charge on any atom is 0.327 e. The predicted octanol–water partition coefficient (Wildman–Crippen LogP) is -0.636. The molecule has 0 aliphatic carbocycles. The molecule has 0 fully saturated rings. The van der Waals surface area contributed by atoms with Crippen LogP contribution in [0, 0.1) is 0 Å². The Balaban J connectivity index is 0. The maximum absolute atomic E-state index is 11.4. The summed E-state index contributed by atoms with van der Waals surface area (Å²) < 4.78 is 0. The van der Waals surface area contributed by atoms with Crippen LogP contribution in [-0.4, -0.2) is 41.4 Å². The van der Waals surface area contributed by atoms with Crippen LogP contribution in [-0.2, 0) is 9.59 Å². The van der Waals surface area contributed by atoms with Gasteiger partial charge in [0.15, 0.2) is 0 Å². The summed E-state index contributed by atoms with van der Waals surface area (Å²) in [6.07, 6.45) is 2.06. The van der Waals surface area contributed by atoms with E-state index < -0.39 is 24.0 Å². The van der Waals surface area contributed by atoms with E-state index in [4.69, 9.17) is 16.6 Å². The summed E-state index contributed by atoms with van der Waals surface area (Å²) in [5.41, 5.74) is 10.9. The number of carboxylic acid groups (broad SMARTS) is 1. The average molecular weight is 286 g/mol. The van der Waals surface area contributed by atoms with E-state index in [9.17, 15) is 9.59 Å². The van der Waals surface area contributed by atoms with Gasteiger partial charge >= 0.3 is 5.97 Å². The van der Waals surface area contributed by atoms with Gasteiger partial charge in [-0.2, -0.15) is 12.6 Å². The summed E-state index contributed by atoms with van der Waals surface area (Å²) in [6, 6.07) is -1.68. The van der Waals surface area contributed by atoms with Crippen LogP contribution < -0.4 is 16.8 Å². The molecule has 6 nitrogen and oxygen atoms in total. The van der Waals surface area contributed by atoms with Crippen LogP contribution in [0.5, 0.6) is 0 Å². The van der Waals surface area contributed by atoms with E-state index in [1.54, 1.807) is 0 Å². The molecule has 0 saturated heterocycles. The lowest BCUT2D eigenvalue weighted by Crippen LogP contribution is -2.49. The first kappa shape index (κ1) is 18.9. The molecule has 0 spiro atoms. The largest absolute Gasteiger partial charge is 0.480 e. The molecule has 2 atom stereocenters. The molecule has 1 amide bonds. The van der Waals surface area contributed by atoms with Crippen LogP contribution in [0.3, 0.4) is 0 Å². The van der Waals surface area contributed by atoms with Gasteiger partial charge in [-0.15, -0.1) is 12.4 Å². The molecule has 0 aliphatic rings. The zero-order chi connectivity index (χ0) is 12.6. The second kappa shape index (κ2) is 10.6. The molecule has 0 aromatic heterocycles. The zero-order valence-corrected chi connectivity index (χ0v) is 11.2. The molecular weight excluding hydrogens is 266 g/mol. The summed E-state index contributed by atoms with van der Waals surface area (Å²) in [4.78, 5) is 22.1. The Bertz CT molecular complexity index is 244. The summed E-state index contributed by atoms with van der Waals surface area (Å²) in [5, 5.41) is 11.0. The van der Waals surface area contributed by atoms with Gasteiger partial charge in [-0.25, -0.2) is 4.79 Å². The summed E-state index contributed by atoms with van der Waals surface area (Å²) in [7, 11) is 0. The van der Waals surface area contributed by atoms with E-state index in [1.807, 2.05) is 0 Å². The number of carbonyl (C=O) groups excluding carboxylic acids is 1. The molecule has 0 radical (unpaired) electrons. The smallest absolute Gasteiger partial charge is 0.327 e. The van der Waals surface area contributed by atoms with Crippen molar-refractivity contribution >= 4 is 36.9 Å². The molecule has 0 aromatic carbocycles. The van der Waals surface area contributed by atoms with Crippen molar-refractivity contribution in [2.75, 3.05) is 12.3 Å². The van der Waals surface area contributed by atoms with E-state index in [1.165, 1.54) is 0 Å². The molecule has 0 aromatic rings. The van der Waals surface area contributed by atoms with Crippen molar-refractivity contribution in [1.82, 2.24) is 5.32 Å². The number of nitrogens with one attached hydrogen (secondary N) is 1. The van der Waals surface area contributed by atoms with Crippen LogP contribution >= 0.6 is 25.0 Å². The highest BCUT2D eigenvalue weighted by Gasteiger charge is 2.21. The molecular formula is C9H20ClN3O3S. The van der Waals surface area contributed by atoms with Crippen LogP contribution in [0.1, 0.15) is 19.3 Å². The average Bonchev–Trinajstić information content (AvgIpc) is 2.25. The number of amides is 1. The minimum Gasteiger partial charge on any atom is -0.480 e. The van der Waals surface area contributed by atoms with Crippen molar-refractivity contribution in [2.45, 2.75) is 31.3 Å². The number of halogens is 1. The van der Waals surface area contributed by atoms with E-state index >= 15 is 0 Å². The van der Waals surface area contributed by atoms with E-state index in [0.29, 0.717) is 13.0 Å². The van der Waals surface area contributed by atoms with Crippen molar-refractivity contribution in [3.63, 3.8) is 0 Å². The molecule has 0 saturated carbocycles. The molecule has 2 unspecified atom stereocenters. The second-order valence-corrected chi connectivity index (χ2v) is 3.84. The molecule has 6 N–H and O–H groups in total. The number of hydrogen-bond acceptors (Lipinski definition) is 5. The number of nitrogens with two attached hydrogens (primary N) is 2. The topological polar surface area (TPSA) is 118 Å². The van der Waals surface area contributed by atoms with Crippen LogP contribution in [0.4, 0.5) is 0 Å². The number of thiol groups is 1. The first-order valence-corrected chi connectivity index (χ1v) is 5.75. The normalized spacial score (nSPS) is 13.4. The van der Waals surface area contributed by atoms with Crippen molar-refractivity contribution in [1.29, 1.82) is 0 Å². The van der Waals surface area contributed by atoms with Gasteiger partial charge in [0.05, 0.1) is 6.04 Å². The number of rotatable bonds is 8. The van der Waals surface area contributed by atoms with Crippen molar-refractivity contribution < 1.29 is 14.7 Å². The monoisotopic (exact) mass is 285 g/mol. The van der Waals surface area contributed by atoms with Crippen molar-refractivity contribution in [3.05, 3.63) is 0 Å². The molecule has 17 heavy (non-hydrogen) atoms. The first-order chi connectivity index (χ1) is 7.52. The fraction of sp³-hybridized carbons (Fsp3) is 0.778. The van der Waals surface area contributed by atoms with E-state index in [2.05, 4.69) is 17.9 Å². The molecule has 102 valence electrons. The maximum atomic E-state index is 11.4. The number of aliphatic carboxylic acids is 1. The lowest BCUT2D eigenvalue weighted by Gasteiger charge is -2.16. The Morgan fingerprint density at radius 3 is 2.35 bits per heavy atom. The molecule has 8 heteroatoms. The highest BCUT2D eigenvalue weighted by atomic mass is 35.5. The highest BCUT2D eigenvalue weighted by molar-refractivity contribution is 7.80. The fourth-order valence-corrected chi connectivity index (χ4v) is 1.35. The lowest BCUT2D eigenvalue weighted by atomic mass is 10.1. The lowest BCUT2D eigenvalue weighted by molar-refractivity contribution is -0.141. The van der Waals surface area contributed by atoms with Gasteiger partial charge in [0, 0.05) is 5.75 Å². The molecule has 0 bridgehead atoms. The fourth-order valence-electron chi connectivity index (χ4n) is 1.10. The Labute approximate surface area is 112 Å². The SMILES string of the molecule is Cl.NCCCCC(N)C(=O)NC(CS)C(=O)O. The molecule has 0 rings (SSSR count). The number of carboxylic acids is 1. The number of hydrogen-bond donors (Lipinski definition) is 5. The summed E-state index contributed by atoms with van der Waals surface area (Å²) >= 11 is 3.83. The highest BCUT2D eigenvalue weighted by Crippen LogP contribution is 1.99. The zero-order valence-electron chi connectivity index (χ0n) is 9.46. The van der Waals surface area contributed by atoms with E-state index in [-0.39, 0.29) is 18.2 Å². The summed E-state index contributed by atoms with van der Waals surface area (Å²) in [6.45, 7) is 0.558. The van der Waals surface area contributed by atoms with Gasteiger partial charge < -0.3 is 21.9 Å². The van der Waals surface area contributed by atoms with Crippen molar-refractivity contribution in [2.24, 2.45) is 11.5 Å². The third kappa shape index (κ3) is 8.25. The Morgan fingerprint density at radius 2 is 1.94 bits per heavy atom. The standard InChI is InChI=1S/C9H19N3O3S.ClH/c10-4-2-1-3-6(11)8(13)12-7(5-16)9(14)15;/h6-7,16H,1-5,10-11H2,(H,12,13)(H,14,15);1H. The Morgan fingerprint density at radius 1 is 1.35 bits per heavy atom. The minimum absolute atomic E-state index is 0. The summed E-state index contributed by atoms with van der Waals surface area (Å²) in [5.74, 6) is -1.53. The van der Waals surface area contributed by atoms with Crippen LogP contribution in [0.25, 0.3) is 0 Å². The third-order valence-corrected chi connectivity index (χ3v) is 2.47. The van der Waals surface area contributed by atoms with Gasteiger partial charge in [-0.1, -0.05) is 6.42 Å². The quantitative estimate of drug-likeness (QED) is 0.300. The number of carbonyl (C=O) groups is 2. The van der Waals surface area contributed by atoms with Crippen molar-refractivity contribution in [3.8, 4) is 0 Å². The predicted molar refractivity (Wildman–Crippen MR) is 71.5 cm³/mol. The second-order valence-electron chi connectivity index (χ2n) is 3.47. The van der Waals surface area contributed by atoms with Gasteiger partial charge in [-0.05, 0) is 19.4 Å². The molecule has 0 aliphatic heterocycles. The van der Waals surface area contributed by atoms with Gasteiger partial charge in [0.1, 0.15) is 6.04 Å². The first-order valence-electron chi connectivity index (χ1n) is 5.12. The van der Waals surface area contributed by atoms with Gasteiger partial charge in [-0.3, -0.25) is 4.79 Å². The van der Waals surface area contributed by atoms with Gasteiger partial charge in [0.2, 0.25) is 5.91 Å². The Kier molecular flexibility index (Phi) is 11.8. The molecule has 0 heterocycles. The van der Waals surface area contributed by atoms with Crippen LogP contribution in [0.15, 0.2) is 0 Å². The Hall–Kier alpha value is -0.500. The third-order valence-electron chi connectivity index (χ3n) is 2.10. The van der Waals surface area contributed by atoms with E-state index in [0.717, 1.165) is 12.8 Å². The van der Waals surface area contributed by atoms with Gasteiger partial charge in [0.25, 0.3) is 0 Å². The minimum atomic E-state index is -1.11.